The second-order valence-electron chi connectivity index (χ2n) is 3.14. The van der Waals surface area contributed by atoms with Crippen molar-refractivity contribution < 1.29 is 0 Å². The minimum Gasteiger partial charge on any atom is -0.0985 e. The summed E-state index contributed by atoms with van der Waals surface area (Å²) in [5, 5.41) is 0. The molecule has 1 aromatic rings. The van der Waals surface area contributed by atoms with Crippen LogP contribution in [0.15, 0.2) is 30.8 Å². The van der Waals surface area contributed by atoms with Crippen LogP contribution in [0, 0.1) is 0 Å². The van der Waals surface area contributed by atoms with E-state index >= 15 is 0 Å². The smallest absolute Gasteiger partial charge is 0.0187 e. The van der Waals surface area contributed by atoms with Gasteiger partial charge < -0.3 is 0 Å². The van der Waals surface area contributed by atoms with Crippen molar-refractivity contribution in [1.82, 2.24) is 0 Å². The Bertz CT molecular complexity index is 260. The van der Waals surface area contributed by atoms with Crippen LogP contribution in [-0.4, -0.2) is 0 Å². The molecule has 64 valence electrons. The third-order valence-electron chi connectivity index (χ3n) is 2.36. The summed E-state index contributed by atoms with van der Waals surface area (Å²) in [4.78, 5) is 0. The Kier molecular flexibility index (Phi) is 3.09. The van der Waals surface area contributed by atoms with E-state index in [9.17, 15) is 0 Å². The first-order valence-electron chi connectivity index (χ1n) is 4.51. The highest BCUT2D eigenvalue weighted by Gasteiger charge is 2.04. The maximum Gasteiger partial charge on any atom is -0.0187 e. The SMILES string of the molecule is C=Cc1ccccc1[C@@H](C)CC. The fourth-order valence-corrected chi connectivity index (χ4v) is 1.37. The number of hydrogen-bond acceptors (Lipinski definition) is 0. The lowest BCUT2D eigenvalue weighted by Crippen LogP contribution is -1.93. The zero-order valence-electron chi connectivity index (χ0n) is 7.88. The maximum absolute atomic E-state index is 3.81. The first-order chi connectivity index (χ1) is 5.79. The summed E-state index contributed by atoms with van der Waals surface area (Å²) >= 11 is 0. The highest BCUT2D eigenvalue weighted by atomic mass is 14.1. The van der Waals surface area contributed by atoms with Gasteiger partial charge in [-0.05, 0) is 23.5 Å². The van der Waals surface area contributed by atoms with Crippen molar-refractivity contribution in [3.8, 4) is 0 Å². The van der Waals surface area contributed by atoms with Crippen LogP contribution in [-0.2, 0) is 0 Å². The zero-order chi connectivity index (χ0) is 8.97. The average Bonchev–Trinajstić information content (AvgIpc) is 2.16. The highest BCUT2D eigenvalue weighted by molar-refractivity contribution is 5.52. The Hall–Kier alpha value is -1.04. The Morgan fingerprint density at radius 1 is 1.42 bits per heavy atom. The van der Waals surface area contributed by atoms with Crippen molar-refractivity contribution in [3.05, 3.63) is 42.0 Å². The van der Waals surface area contributed by atoms with Crippen LogP contribution in [0.1, 0.15) is 37.3 Å². The van der Waals surface area contributed by atoms with Crippen LogP contribution in [0.2, 0.25) is 0 Å². The molecule has 0 fully saturated rings. The normalized spacial score (nSPS) is 12.5. The minimum absolute atomic E-state index is 0.638. The molecule has 0 N–H and O–H groups in total. The molecular weight excluding hydrogens is 144 g/mol. The summed E-state index contributed by atoms with van der Waals surface area (Å²) in [7, 11) is 0. The molecule has 12 heavy (non-hydrogen) atoms. The molecule has 0 heterocycles. The van der Waals surface area contributed by atoms with Gasteiger partial charge in [-0.1, -0.05) is 50.8 Å². The van der Waals surface area contributed by atoms with E-state index < -0.39 is 0 Å². The van der Waals surface area contributed by atoms with Crippen LogP contribution < -0.4 is 0 Å². The third-order valence-corrected chi connectivity index (χ3v) is 2.36. The van der Waals surface area contributed by atoms with Crippen LogP contribution >= 0.6 is 0 Å². The van der Waals surface area contributed by atoms with Crippen molar-refractivity contribution in [1.29, 1.82) is 0 Å². The van der Waals surface area contributed by atoms with E-state index in [0.717, 1.165) is 0 Å². The molecule has 0 saturated heterocycles. The Morgan fingerprint density at radius 3 is 2.67 bits per heavy atom. The van der Waals surface area contributed by atoms with Crippen LogP contribution in [0.4, 0.5) is 0 Å². The maximum atomic E-state index is 3.81. The molecule has 0 radical (unpaired) electrons. The molecule has 0 unspecified atom stereocenters. The summed E-state index contributed by atoms with van der Waals surface area (Å²) in [5.74, 6) is 0.638. The van der Waals surface area contributed by atoms with Gasteiger partial charge in [0, 0.05) is 0 Å². The van der Waals surface area contributed by atoms with Crippen molar-refractivity contribution in [3.63, 3.8) is 0 Å². The van der Waals surface area contributed by atoms with Gasteiger partial charge in [0.15, 0.2) is 0 Å². The van der Waals surface area contributed by atoms with Crippen LogP contribution in [0.5, 0.6) is 0 Å². The predicted molar refractivity (Wildman–Crippen MR) is 55.2 cm³/mol. The van der Waals surface area contributed by atoms with Gasteiger partial charge in [-0.25, -0.2) is 0 Å². The van der Waals surface area contributed by atoms with E-state index in [1.807, 2.05) is 6.08 Å². The van der Waals surface area contributed by atoms with Gasteiger partial charge >= 0.3 is 0 Å². The summed E-state index contributed by atoms with van der Waals surface area (Å²) < 4.78 is 0. The molecule has 0 aliphatic carbocycles. The largest absolute Gasteiger partial charge is 0.0985 e. The van der Waals surface area contributed by atoms with E-state index in [1.165, 1.54) is 17.5 Å². The Labute approximate surface area is 74.9 Å². The first-order valence-corrected chi connectivity index (χ1v) is 4.51. The molecule has 0 saturated carbocycles. The molecule has 0 aliphatic heterocycles. The van der Waals surface area contributed by atoms with Crippen LogP contribution in [0.3, 0.4) is 0 Å². The average molecular weight is 160 g/mol. The molecular formula is C12H16. The molecule has 0 spiro atoms. The zero-order valence-corrected chi connectivity index (χ0v) is 7.88. The topological polar surface area (TPSA) is 0 Å². The van der Waals surface area contributed by atoms with Gasteiger partial charge in [0.1, 0.15) is 0 Å². The minimum atomic E-state index is 0.638. The van der Waals surface area contributed by atoms with E-state index in [2.05, 4.69) is 44.7 Å². The van der Waals surface area contributed by atoms with Crippen molar-refractivity contribution in [2.45, 2.75) is 26.2 Å². The van der Waals surface area contributed by atoms with E-state index in [4.69, 9.17) is 0 Å². The second kappa shape index (κ2) is 4.10. The van der Waals surface area contributed by atoms with Gasteiger partial charge in [-0.2, -0.15) is 0 Å². The first kappa shape index (κ1) is 9.05. The van der Waals surface area contributed by atoms with Gasteiger partial charge in [-0.3, -0.25) is 0 Å². The monoisotopic (exact) mass is 160 g/mol. The number of rotatable bonds is 3. The lowest BCUT2D eigenvalue weighted by Gasteiger charge is -2.11. The Morgan fingerprint density at radius 2 is 2.08 bits per heavy atom. The standard InChI is InChI=1S/C12H16/c1-4-10(3)12-9-7-6-8-11(12)5-2/h5-10H,2,4H2,1,3H3/t10-/m0/s1. The van der Waals surface area contributed by atoms with Crippen LogP contribution in [0.25, 0.3) is 6.08 Å². The lowest BCUT2D eigenvalue weighted by atomic mass is 9.94. The lowest BCUT2D eigenvalue weighted by molar-refractivity contribution is 0.732. The summed E-state index contributed by atoms with van der Waals surface area (Å²) in [6, 6.07) is 8.46. The quantitative estimate of drug-likeness (QED) is 0.630. The summed E-state index contributed by atoms with van der Waals surface area (Å²) in [5.41, 5.74) is 2.68. The van der Waals surface area contributed by atoms with E-state index in [0.29, 0.717) is 5.92 Å². The molecule has 0 aromatic heterocycles. The third kappa shape index (κ3) is 1.76. The second-order valence-corrected chi connectivity index (χ2v) is 3.14. The molecule has 0 amide bonds. The van der Waals surface area contributed by atoms with Gasteiger partial charge in [0.05, 0.1) is 0 Å². The van der Waals surface area contributed by atoms with Gasteiger partial charge in [-0.15, -0.1) is 0 Å². The molecule has 1 aromatic carbocycles. The van der Waals surface area contributed by atoms with Gasteiger partial charge in [0.25, 0.3) is 0 Å². The predicted octanol–water partition coefficient (Wildman–Crippen LogP) is 3.84. The molecule has 0 nitrogen and oxygen atoms in total. The van der Waals surface area contributed by atoms with Crippen molar-refractivity contribution in [2.75, 3.05) is 0 Å². The Balaban J connectivity index is 3.04. The van der Waals surface area contributed by atoms with E-state index in [1.54, 1.807) is 0 Å². The molecule has 1 atom stereocenters. The molecule has 0 aliphatic rings. The fraction of sp³-hybridized carbons (Fsp3) is 0.333. The summed E-state index contributed by atoms with van der Waals surface area (Å²) in [6.07, 6.45) is 3.12. The molecule has 1 rings (SSSR count). The van der Waals surface area contributed by atoms with Crippen molar-refractivity contribution >= 4 is 6.08 Å². The highest BCUT2D eigenvalue weighted by Crippen LogP contribution is 2.22. The van der Waals surface area contributed by atoms with Crippen molar-refractivity contribution in [2.24, 2.45) is 0 Å². The number of hydrogen-bond donors (Lipinski definition) is 0. The van der Waals surface area contributed by atoms with E-state index in [-0.39, 0.29) is 0 Å². The fourth-order valence-electron chi connectivity index (χ4n) is 1.37. The summed E-state index contributed by atoms with van der Waals surface area (Å²) in [6.45, 7) is 8.27. The molecule has 0 heteroatoms. The number of benzene rings is 1. The van der Waals surface area contributed by atoms with Gasteiger partial charge in [0.2, 0.25) is 0 Å². The molecule has 0 bridgehead atoms.